The number of benzene rings is 1. The van der Waals surface area contributed by atoms with Crippen LogP contribution in [0.15, 0.2) is 24.3 Å². The third-order valence-corrected chi connectivity index (χ3v) is 4.09. The van der Waals surface area contributed by atoms with Crippen LogP contribution >= 0.6 is 0 Å². The van der Waals surface area contributed by atoms with Gasteiger partial charge in [-0.3, -0.25) is 0 Å². The van der Waals surface area contributed by atoms with Crippen LogP contribution in [0.5, 0.6) is 0 Å². The molecule has 21 heavy (non-hydrogen) atoms. The summed E-state index contributed by atoms with van der Waals surface area (Å²) in [4.78, 5) is 2.00. The topological polar surface area (TPSA) is 21.7 Å². The summed E-state index contributed by atoms with van der Waals surface area (Å²) >= 11 is 0. The Kier molecular flexibility index (Phi) is 4.08. The number of nitrogens with zero attached hydrogens (tertiary/aromatic N) is 1. The molecule has 2 saturated heterocycles. The molecule has 0 saturated carbocycles. The van der Waals surface area contributed by atoms with E-state index in [0.29, 0.717) is 26.3 Å². The van der Waals surface area contributed by atoms with E-state index in [0.717, 1.165) is 11.3 Å². The number of hydrogen-bond donors (Lipinski definition) is 0. The lowest BCUT2D eigenvalue weighted by atomic mass is 9.96. The second-order valence-corrected chi connectivity index (χ2v) is 5.47. The van der Waals surface area contributed by atoms with Gasteiger partial charge in [-0.25, -0.2) is 0 Å². The van der Waals surface area contributed by atoms with Crippen LogP contribution in [0.3, 0.4) is 0 Å². The first-order chi connectivity index (χ1) is 10.0. The first-order valence-electron chi connectivity index (χ1n) is 7.19. The molecule has 0 aromatic heterocycles. The Bertz CT molecular complexity index is 478. The number of alkyl halides is 3. The molecule has 2 fully saturated rings. The molecule has 2 aliphatic rings. The van der Waals surface area contributed by atoms with Gasteiger partial charge < -0.3 is 14.4 Å². The maximum absolute atomic E-state index is 12.7. The highest BCUT2D eigenvalue weighted by atomic mass is 19.4. The molecule has 0 N–H and O–H groups in total. The highest BCUT2D eigenvalue weighted by Gasteiger charge is 2.41. The molecule has 0 radical (unpaired) electrons. The molecule has 0 aliphatic carbocycles. The Hall–Kier alpha value is -1.27. The van der Waals surface area contributed by atoms with Gasteiger partial charge in [-0.15, -0.1) is 0 Å². The molecule has 0 unspecified atom stereocenters. The quantitative estimate of drug-likeness (QED) is 0.834. The molecule has 116 valence electrons. The molecule has 0 bridgehead atoms. The summed E-state index contributed by atoms with van der Waals surface area (Å²) in [6.45, 7) is 2.01. The zero-order valence-electron chi connectivity index (χ0n) is 11.6. The van der Waals surface area contributed by atoms with Crippen molar-refractivity contribution in [3.05, 3.63) is 29.8 Å². The average Bonchev–Trinajstić information content (AvgIpc) is 3.01. The number of piperidine rings is 1. The predicted molar refractivity (Wildman–Crippen MR) is 72.1 cm³/mol. The smallest absolute Gasteiger partial charge is 0.371 e. The largest absolute Gasteiger partial charge is 0.391 e. The lowest BCUT2D eigenvalue weighted by Gasteiger charge is -2.34. The van der Waals surface area contributed by atoms with Gasteiger partial charge in [-0.05, 0) is 25.0 Å². The average molecular weight is 301 g/mol. The number of rotatable bonds is 2. The minimum absolute atomic E-state index is 0.157. The first kappa shape index (κ1) is 14.7. The Balaban J connectivity index is 1.66. The Morgan fingerprint density at radius 1 is 1.05 bits per heavy atom. The lowest BCUT2D eigenvalue weighted by molar-refractivity contribution is -0.179. The van der Waals surface area contributed by atoms with Gasteiger partial charge in [0.25, 0.3) is 0 Å². The van der Waals surface area contributed by atoms with Gasteiger partial charge in [0, 0.05) is 24.3 Å². The van der Waals surface area contributed by atoms with Crippen LogP contribution in [0.2, 0.25) is 0 Å². The van der Waals surface area contributed by atoms with E-state index in [1.54, 1.807) is 0 Å². The highest BCUT2D eigenvalue weighted by Crippen LogP contribution is 2.36. The molecular weight excluding hydrogens is 283 g/mol. The minimum atomic E-state index is -4.07. The van der Waals surface area contributed by atoms with Crippen molar-refractivity contribution in [1.29, 1.82) is 0 Å². The van der Waals surface area contributed by atoms with Crippen LogP contribution in [0.4, 0.5) is 18.9 Å². The Labute approximate surface area is 121 Å². The van der Waals surface area contributed by atoms with E-state index in [-0.39, 0.29) is 19.1 Å². The third-order valence-electron chi connectivity index (χ3n) is 4.09. The Morgan fingerprint density at radius 3 is 2.33 bits per heavy atom. The van der Waals surface area contributed by atoms with Gasteiger partial charge >= 0.3 is 6.18 Å². The van der Waals surface area contributed by atoms with E-state index in [4.69, 9.17) is 9.47 Å². The van der Waals surface area contributed by atoms with Crippen molar-refractivity contribution in [2.24, 2.45) is 5.92 Å². The van der Waals surface area contributed by atoms with Gasteiger partial charge in [-0.1, -0.05) is 12.1 Å². The molecular formula is C15H18F3NO2. The second-order valence-electron chi connectivity index (χ2n) is 5.47. The molecule has 1 aromatic rings. The lowest BCUT2D eigenvalue weighted by Crippen LogP contribution is -2.39. The standard InChI is InChI=1S/C15H18F3NO2/c16-15(17,18)12-4-6-19(7-5-12)13-3-1-2-11(10-13)14-20-8-9-21-14/h1-3,10,12,14H,4-9H2. The maximum Gasteiger partial charge on any atom is 0.391 e. The fourth-order valence-corrected chi connectivity index (χ4v) is 2.88. The van der Waals surface area contributed by atoms with Crippen molar-refractivity contribution in [2.45, 2.75) is 25.3 Å². The minimum Gasteiger partial charge on any atom is -0.371 e. The van der Waals surface area contributed by atoms with E-state index in [2.05, 4.69) is 0 Å². The van der Waals surface area contributed by atoms with Crippen LogP contribution in [-0.2, 0) is 9.47 Å². The van der Waals surface area contributed by atoms with Crippen LogP contribution in [0, 0.1) is 5.92 Å². The fraction of sp³-hybridized carbons (Fsp3) is 0.600. The van der Waals surface area contributed by atoms with Crippen molar-refractivity contribution in [2.75, 3.05) is 31.2 Å². The van der Waals surface area contributed by atoms with Crippen LogP contribution in [0.25, 0.3) is 0 Å². The normalized spacial score (nSPS) is 22.0. The number of anilines is 1. The summed E-state index contributed by atoms with van der Waals surface area (Å²) in [6, 6.07) is 7.68. The molecule has 0 spiro atoms. The van der Waals surface area contributed by atoms with E-state index in [1.165, 1.54) is 0 Å². The molecule has 2 aliphatic heterocycles. The number of ether oxygens (including phenoxy) is 2. The molecule has 2 heterocycles. The van der Waals surface area contributed by atoms with Gasteiger partial charge in [-0.2, -0.15) is 13.2 Å². The van der Waals surface area contributed by atoms with E-state index in [1.807, 2.05) is 29.2 Å². The summed E-state index contributed by atoms with van der Waals surface area (Å²) in [5.74, 6) is -1.17. The molecule has 3 rings (SSSR count). The van der Waals surface area contributed by atoms with Gasteiger partial charge in [0.1, 0.15) is 0 Å². The van der Waals surface area contributed by atoms with Crippen molar-refractivity contribution in [3.8, 4) is 0 Å². The molecule has 1 aromatic carbocycles. The first-order valence-corrected chi connectivity index (χ1v) is 7.19. The molecule has 0 atom stereocenters. The van der Waals surface area contributed by atoms with E-state index < -0.39 is 12.1 Å². The van der Waals surface area contributed by atoms with Crippen molar-refractivity contribution in [3.63, 3.8) is 0 Å². The molecule has 3 nitrogen and oxygen atoms in total. The predicted octanol–water partition coefficient (Wildman–Crippen LogP) is 3.51. The fourth-order valence-electron chi connectivity index (χ4n) is 2.88. The van der Waals surface area contributed by atoms with Crippen molar-refractivity contribution in [1.82, 2.24) is 0 Å². The summed E-state index contributed by atoms with van der Waals surface area (Å²) in [7, 11) is 0. The van der Waals surface area contributed by atoms with E-state index in [9.17, 15) is 13.2 Å². The summed E-state index contributed by atoms with van der Waals surface area (Å²) < 4.78 is 49.0. The number of halogens is 3. The van der Waals surface area contributed by atoms with Gasteiger partial charge in [0.2, 0.25) is 0 Å². The van der Waals surface area contributed by atoms with Crippen molar-refractivity contribution < 1.29 is 22.6 Å². The molecule has 6 heteroatoms. The van der Waals surface area contributed by atoms with E-state index >= 15 is 0 Å². The zero-order chi connectivity index (χ0) is 14.9. The summed E-state index contributed by atoms with van der Waals surface area (Å²) in [5.41, 5.74) is 1.86. The van der Waals surface area contributed by atoms with Gasteiger partial charge in [0.15, 0.2) is 6.29 Å². The SMILES string of the molecule is FC(F)(F)C1CCN(c2cccc(C3OCCO3)c2)CC1. The third kappa shape index (κ3) is 3.32. The van der Waals surface area contributed by atoms with Crippen LogP contribution in [0.1, 0.15) is 24.7 Å². The zero-order valence-corrected chi connectivity index (χ0v) is 11.6. The van der Waals surface area contributed by atoms with Crippen molar-refractivity contribution >= 4 is 5.69 Å². The highest BCUT2D eigenvalue weighted by molar-refractivity contribution is 5.49. The van der Waals surface area contributed by atoms with Crippen LogP contribution in [-0.4, -0.2) is 32.5 Å². The van der Waals surface area contributed by atoms with Crippen LogP contribution < -0.4 is 4.90 Å². The second kappa shape index (κ2) is 5.85. The number of hydrogen-bond acceptors (Lipinski definition) is 3. The van der Waals surface area contributed by atoms with Gasteiger partial charge in [0.05, 0.1) is 19.1 Å². The monoisotopic (exact) mass is 301 g/mol. The maximum atomic E-state index is 12.7. The Morgan fingerprint density at radius 2 is 1.71 bits per heavy atom. The summed E-state index contributed by atoms with van der Waals surface area (Å²) in [6.07, 6.45) is -4.11. The molecule has 0 amide bonds. The summed E-state index contributed by atoms with van der Waals surface area (Å²) in [5, 5.41) is 0.